The average molecular weight is 345 g/mol. The van der Waals surface area contributed by atoms with Gasteiger partial charge in [-0.1, -0.05) is 19.9 Å². The highest BCUT2D eigenvalue weighted by atomic mass is 16.5. The highest BCUT2D eigenvalue weighted by Gasteiger charge is 2.29. The van der Waals surface area contributed by atoms with E-state index in [0.717, 1.165) is 49.5 Å². The van der Waals surface area contributed by atoms with Crippen LogP contribution >= 0.6 is 0 Å². The maximum Gasteiger partial charge on any atom is 0.161 e. The molecular weight excluding hydrogens is 314 g/mol. The summed E-state index contributed by atoms with van der Waals surface area (Å²) < 4.78 is 11.5. The van der Waals surface area contributed by atoms with Crippen LogP contribution in [-0.2, 0) is 0 Å². The molecule has 1 heterocycles. The van der Waals surface area contributed by atoms with Gasteiger partial charge < -0.3 is 14.4 Å². The molecule has 1 aliphatic heterocycles. The molecule has 2 unspecified atom stereocenters. The first-order valence-electron chi connectivity index (χ1n) is 9.37. The number of benzene rings is 1. The van der Waals surface area contributed by atoms with Gasteiger partial charge in [0.2, 0.25) is 0 Å². The van der Waals surface area contributed by atoms with E-state index in [0.29, 0.717) is 19.3 Å². The van der Waals surface area contributed by atoms with Crippen molar-refractivity contribution in [2.24, 2.45) is 0 Å². The van der Waals surface area contributed by atoms with Gasteiger partial charge in [-0.2, -0.15) is 5.26 Å². The van der Waals surface area contributed by atoms with Gasteiger partial charge in [0.05, 0.1) is 19.3 Å². The minimum atomic E-state index is -0.248. The van der Waals surface area contributed by atoms with Crippen LogP contribution in [0.15, 0.2) is 18.2 Å². The predicted octanol–water partition coefficient (Wildman–Crippen LogP) is 3.46. The summed E-state index contributed by atoms with van der Waals surface area (Å²) in [4.78, 5) is 4.67. The van der Waals surface area contributed by atoms with Gasteiger partial charge in [0.25, 0.3) is 0 Å². The Hall–Kier alpha value is -1.77. The number of nitriles is 1. The molecule has 5 heteroatoms. The molecule has 1 saturated heterocycles. The third kappa shape index (κ3) is 4.87. The van der Waals surface area contributed by atoms with Gasteiger partial charge in [0.1, 0.15) is 6.04 Å². The monoisotopic (exact) mass is 345 g/mol. The standard InChI is InChI=1S/C20H31N3O2/c1-5-12-25-19-9-8-16(13-20(19)24-7-3)18(14-21)23-11-10-22(4)17(6-2)15-23/h8-9,13,17-18H,5-7,10-12,15H2,1-4H3. The van der Waals surface area contributed by atoms with E-state index in [1.807, 2.05) is 25.1 Å². The summed E-state index contributed by atoms with van der Waals surface area (Å²) in [5.41, 5.74) is 0.981. The van der Waals surface area contributed by atoms with Crippen molar-refractivity contribution >= 4 is 0 Å². The van der Waals surface area contributed by atoms with Crippen LogP contribution in [-0.4, -0.2) is 55.7 Å². The zero-order chi connectivity index (χ0) is 18.2. The number of hydrogen-bond donors (Lipinski definition) is 0. The maximum atomic E-state index is 9.81. The highest BCUT2D eigenvalue weighted by molar-refractivity contribution is 5.45. The fourth-order valence-corrected chi connectivity index (χ4v) is 3.31. The van der Waals surface area contributed by atoms with Crippen molar-refractivity contribution in [3.63, 3.8) is 0 Å². The zero-order valence-electron chi connectivity index (χ0n) is 16.0. The maximum absolute atomic E-state index is 9.81. The fourth-order valence-electron chi connectivity index (χ4n) is 3.31. The summed E-state index contributed by atoms with van der Waals surface area (Å²) in [5.74, 6) is 1.49. The number of hydrogen-bond acceptors (Lipinski definition) is 5. The van der Waals surface area contributed by atoms with E-state index in [2.05, 4.69) is 36.8 Å². The van der Waals surface area contributed by atoms with Crippen LogP contribution in [0.25, 0.3) is 0 Å². The normalized spacial score (nSPS) is 20.0. The van der Waals surface area contributed by atoms with E-state index >= 15 is 0 Å². The van der Waals surface area contributed by atoms with Crippen LogP contribution in [0.5, 0.6) is 11.5 Å². The van der Waals surface area contributed by atoms with Crippen molar-refractivity contribution in [3.05, 3.63) is 23.8 Å². The molecule has 0 bridgehead atoms. The minimum Gasteiger partial charge on any atom is -0.490 e. The second-order valence-electron chi connectivity index (χ2n) is 6.56. The Bertz CT molecular complexity index is 585. The summed E-state index contributed by atoms with van der Waals surface area (Å²) >= 11 is 0. The second kappa shape index (κ2) is 9.65. The molecule has 0 amide bonds. The van der Waals surface area contributed by atoms with Crippen LogP contribution in [0.3, 0.4) is 0 Å². The molecular formula is C20H31N3O2. The van der Waals surface area contributed by atoms with E-state index < -0.39 is 0 Å². The van der Waals surface area contributed by atoms with Gasteiger partial charge in [-0.05, 0) is 44.5 Å². The second-order valence-corrected chi connectivity index (χ2v) is 6.56. The molecule has 2 atom stereocenters. The molecule has 0 aliphatic carbocycles. The molecule has 5 nitrogen and oxygen atoms in total. The van der Waals surface area contributed by atoms with Crippen LogP contribution in [0.4, 0.5) is 0 Å². The van der Waals surface area contributed by atoms with Gasteiger partial charge in [0.15, 0.2) is 11.5 Å². The Labute approximate surface area is 152 Å². The van der Waals surface area contributed by atoms with E-state index in [4.69, 9.17) is 9.47 Å². The Morgan fingerprint density at radius 2 is 2.00 bits per heavy atom. The van der Waals surface area contributed by atoms with E-state index in [9.17, 15) is 5.26 Å². The fraction of sp³-hybridized carbons (Fsp3) is 0.650. The lowest BCUT2D eigenvalue weighted by molar-refractivity contribution is 0.0772. The third-order valence-electron chi connectivity index (χ3n) is 4.81. The van der Waals surface area contributed by atoms with E-state index in [1.165, 1.54) is 0 Å². The summed E-state index contributed by atoms with van der Waals surface area (Å²) in [7, 11) is 2.17. The van der Waals surface area contributed by atoms with Crippen molar-refractivity contribution in [1.82, 2.24) is 9.80 Å². The minimum absolute atomic E-state index is 0.248. The highest BCUT2D eigenvalue weighted by Crippen LogP contribution is 2.33. The number of piperazine rings is 1. The molecule has 138 valence electrons. The Morgan fingerprint density at radius 3 is 2.64 bits per heavy atom. The SMILES string of the molecule is CCCOc1ccc(C(C#N)N2CCN(C)C(CC)C2)cc1OCC. The lowest BCUT2D eigenvalue weighted by Crippen LogP contribution is -2.51. The molecule has 0 spiro atoms. The Kier molecular flexibility index (Phi) is 7.54. The Morgan fingerprint density at radius 1 is 1.20 bits per heavy atom. The molecule has 0 N–H and O–H groups in total. The number of rotatable bonds is 8. The van der Waals surface area contributed by atoms with Crippen molar-refractivity contribution < 1.29 is 9.47 Å². The van der Waals surface area contributed by atoms with Crippen molar-refractivity contribution in [1.29, 1.82) is 5.26 Å². The first-order chi connectivity index (χ1) is 12.1. The molecule has 1 aromatic rings. The topological polar surface area (TPSA) is 48.7 Å². The summed E-state index contributed by atoms with van der Waals surface area (Å²) in [5, 5.41) is 9.81. The van der Waals surface area contributed by atoms with Crippen LogP contribution in [0, 0.1) is 11.3 Å². The molecule has 0 aromatic heterocycles. The van der Waals surface area contributed by atoms with Gasteiger partial charge in [-0.15, -0.1) is 0 Å². The first-order valence-corrected chi connectivity index (χ1v) is 9.37. The predicted molar refractivity (Wildman–Crippen MR) is 100 cm³/mol. The zero-order valence-corrected chi connectivity index (χ0v) is 16.0. The lowest BCUT2D eigenvalue weighted by atomic mass is 10.0. The van der Waals surface area contributed by atoms with E-state index in [-0.39, 0.29) is 6.04 Å². The molecule has 1 aromatic carbocycles. The van der Waals surface area contributed by atoms with E-state index in [1.54, 1.807) is 0 Å². The molecule has 25 heavy (non-hydrogen) atoms. The van der Waals surface area contributed by atoms with Gasteiger partial charge >= 0.3 is 0 Å². The first kappa shape index (κ1) is 19.6. The molecule has 0 radical (unpaired) electrons. The summed E-state index contributed by atoms with van der Waals surface area (Å²) in [6.07, 6.45) is 2.05. The van der Waals surface area contributed by atoms with Crippen molar-refractivity contribution in [2.75, 3.05) is 39.9 Å². The lowest BCUT2D eigenvalue weighted by Gasteiger charge is -2.41. The van der Waals surface area contributed by atoms with Crippen molar-refractivity contribution in [3.8, 4) is 17.6 Å². The average Bonchev–Trinajstić information content (AvgIpc) is 2.63. The van der Waals surface area contributed by atoms with Crippen LogP contribution in [0.1, 0.15) is 45.2 Å². The quantitative estimate of drug-likeness (QED) is 0.722. The van der Waals surface area contributed by atoms with Gasteiger partial charge in [-0.25, -0.2) is 0 Å². The van der Waals surface area contributed by atoms with Crippen molar-refractivity contribution in [2.45, 2.75) is 45.7 Å². The Balaban J connectivity index is 2.22. The molecule has 1 fully saturated rings. The summed E-state index contributed by atoms with van der Waals surface area (Å²) in [6, 6.07) is 8.66. The molecule has 2 rings (SSSR count). The van der Waals surface area contributed by atoms with Crippen LogP contribution in [0.2, 0.25) is 0 Å². The number of likely N-dealkylation sites (N-methyl/N-ethyl adjacent to an activating group) is 1. The third-order valence-corrected chi connectivity index (χ3v) is 4.81. The van der Waals surface area contributed by atoms with Gasteiger partial charge in [-0.3, -0.25) is 4.90 Å². The van der Waals surface area contributed by atoms with Crippen LogP contribution < -0.4 is 9.47 Å². The molecule has 0 saturated carbocycles. The van der Waals surface area contributed by atoms with Gasteiger partial charge in [0, 0.05) is 25.7 Å². The largest absolute Gasteiger partial charge is 0.490 e. The smallest absolute Gasteiger partial charge is 0.161 e. The molecule has 1 aliphatic rings. The number of nitrogens with zero attached hydrogens (tertiary/aromatic N) is 3. The summed E-state index contributed by atoms with van der Waals surface area (Å²) in [6.45, 7) is 10.3. The number of ether oxygens (including phenoxy) is 2.